The van der Waals surface area contributed by atoms with Crippen LogP contribution in [0.5, 0.6) is 0 Å². The molecule has 4 aliphatic heterocycles. The maximum atomic E-state index is 13.4. The van der Waals surface area contributed by atoms with Gasteiger partial charge in [0.25, 0.3) is 0 Å². The quantitative estimate of drug-likeness (QED) is 0.0348. The van der Waals surface area contributed by atoms with E-state index in [0.717, 1.165) is 45.4 Å². The minimum absolute atomic E-state index is 0.0635. The lowest BCUT2D eigenvalue weighted by atomic mass is 9.41. The summed E-state index contributed by atoms with van der Waals surface area (Å²) >= 11 is 0. The van der Waals surface area contributed by atoms with E-state index in [1.54, 1.807) is 13.0 Å². The number of carbonyl (C=O) groups excluding carboxylic acids is 2. The smallest absolute Gasteiger partial charge is 0.335 e. The Hall–Kier alpha value is -2.69. The molecule has 4 saturated heterocycles. The van der Waals surface area contributed by atoms with Crippen LogP contribution in [0, 0.1) is 50.7 Å². The van der Waals surface area contributed by atoms with Crippen LogP contribution in [0.1, 0.15) is 126 Å². The molecular weight excluding hydrogens is 1140 g/mol. The van der Waals surface area contributed by atoms with Gasteiger partial charge in [-0.2, -0.15) is 0 Å². The molecule has 22 unspecified atom stereocenters. The van der Waals surface area contributed by atoms with E-state index in [1.165, 1.54) is 0 Å². The van der Waals surface area contributed by atoms with Gasteiger partial charge in [-0.3, -0.25) is 9.59 Å². The molecule has 27 heteroatoms. The molecule has 9 aliphatic rings. The van der Waals surface area contributed by atoms with Crippen molar-refractivity contribution in [3.63, 3.8) is 0 Å². The van der Waals surface area contributed by atoms with E-state index in [1.807, 2.05) is 0 Å². The van der Waals surface area contributed by atoms with E-state index < -0.39 is 203 Å². The number of aliphatic hydroxyl groups excluding tert-OH is 13. The summed E-state index contributed by atoms with van der Waals surface area (Å²) in [5.41, 5.74) is -3.11. The van der Waals surface area contributed by atoms with Crippen molar-refractivity contribution in [1.82, 2.24) is 0 Å². The van der Waals surface area contributed by atoms with Crippen LogP contribution < -0.4 is 0 Å². The van der Waals surface area contributed by atoms with Crippen LogP contribution in [0.25, 0.3) is 0 Å². The minimum atomic E-state index is -1.96. The SMILES string of the molecule is C/C(=C\CC[C@@H](C)[C@H]1C[C@H](O)[C@@]2(C)C3CCC4C(C)(C)[C@@H](OC5OC(COC(=O)CC(C)(O)CC(=O)O)C(O)C(O)C5OC5OC(CO)C(O)C(O)C5O)CC[C@@]45C[C@@]35CC[C@]12C)C(=O)OC1OCC(O)C(OC2OC(CO)C(O)C(O)C2O)C1O. The van der Waals surface area contributed by atoms with Crippen LogP contribution in [-0.2, 0) is 57.0 Å². The number of hydrogen-bond donors (Lipinski definition) is 15. The van der Waals surface area contributed by atoms with Gasteiger partial charge in [-0.1, -0.05) is 40.7 Å². The number of fused-ring (bicyclic) bond motifs is 2. The van der Waals surface area contributed by atoms with Gasteiger partial charge in [0, 0.05) is 11.0 Å². The lowest BCUT2D eigenvalue weighted by Crippen LogP contribution is -2.65. The monoisotopic (exact) mass is 1230 g/mol. The number of carboxylic acid groups (broad SMARTS) is 1. The Morgan fingerprint density at radius 2 is 1.23 bits per heavy atom. The zero-order valence-corrected chi connectivity index (χ0v) is 49.9. The second kappa shape index (κ2) is 25.4. The van der Waals surface area contributed by atoms with Gasteiger partial charge in [-0.15, -0.1) is 0 Å². The Morgan fingerprint density at radius 1 is 0.663 bits per heavy atom. The molecule has 2 spiro atoms. The first kappa shape index (κ1) is 67.7. The number of hydrogen-bond acceptors (Lipinski definition) is 26. The molecule has 0 radical (unpaired) electrons. The Balaban J connectivity index is 0.841. The van der Waals surface area contributed by atoms with E-state index in [-0.39, 0.29) is 45.5 Å². The average Bonchev–Trinajstić information content (AvgIpc) is 1.46. The number of carboxylic acids is 1. The van der Waals surface area contributed by atoms with Crippen LogP contribution in [0.4, 0.5) is 0 Å². The second-order valence-electron chi connectivity index (χ2n) is 27.9. The van der Waals surface area contributed by atoms with Crippen molar-refractivity contribution in [1.29, 1.82) is 0 Å². The summed E-state index contributed by atoms with van der Waals surface area (Å²) in [5.74, 6) is -2.55. The summed E-state index contributed by atoms with van der Waals surface area (Å²) in [4.78, 5) is 37.6. The standard InChI is InChI=1S/C59H94O27/c1-25(9-8-10-26(2)49(76)86-50-46(75)47(28(62)22-79-50)84-51-44(73)41(70)38(67)29(20-60)80-51)27-17-34(63)57(7)33-12-11-32-54(3,4)35(13-14-58(32)24-59(33,58)16-15-56(27,57)6)83-53-48(85-52-45(74)42(71)39(68)30(21-61)81-52)43(72)40(69)31(82-53)23-78-37(66)19-55(5,77)18-36(64)65/h10,25,27-35,38-48,50-53,60-63,67-75,77H,8-9,11-24H2,1-7H3,(H,64,65)/b26-10+/t25-,27-,28?,29?,30?,31?,32?,33?,34+,35+,38?,39?,40?,41?,42?,43?,44?,45?,46?,47?,48?,50?,51?,52?,53?,55?,56-,57-,58-,59+/m1/s1. The van der Waals surface area contributed by atoms with Gasteiger partial charge in [-0.05, 0) is 123 Å². The zero-order valence-electron chi connectivity index (χ0n) is 49.9. The first-order valence-electron chi connectivity index (χ1n) is 30.5. The summed E-state index contributed by atoms with van der Waals surface area (Å²) in [7, 11) is 0. The first-order valence-corrected chi connectivity index (χ1v) is 30.5. The van der Waals surface area contributed by atoms with Gasteiger partial charge < -0.3 is 119 Å². The highest BCUT2D eigenvalue weighted by molar-refractivity contribution is 5.87. The van der Waals surface area contributed by atoms with Crippen molar-refractivity contribution in [3.8, 4) is 0 Å². The van der Waals surface area contributed by atoms with Gasteiger partial charge >= 0.3 is 17.9 Å². The van der Waals surface area contributed by atoms with E-state index in [9.17, 15) is 91.0 Å². The molecule has 4 heterocycles. The number of ether oxygens (including phenoxy) is 9. The van der Waals surface area contributed by atoms with Gasteiger partial charge in [0.2, 0.25) is 6.29 Å². The molecule has 0 bridgehead atoms. The molecule has 9 fully saturated rings. The van der Waals surface area contributed by atoms with E-state index >= 15 is 0 Å². The summed E-state index contributed by atoms with van der Waals surface area (Å²) < 4.78 is 52.2. The molecule has 492 valence electrons. The van der Waals surface area contributed by atoms with E-state index in [0.29, 0.717) is 25.7 Å². The van der Waals surface area contributed by atoms with Crippen molar-refractivity contribution in [2.45, 2.75) is 260 Å². The predicted molar refractivity (Wildman–Crippen MR) is 290 cm³/mol. The maximum Gasteiger partial charge on any atom is 0.335 e. The molecule has 15 N–H and O–H groups in total. The van der Waals surface area contributed by atoms with Crippen LogP contribution >= 0.6 is 0 Å². The molecule has 0 aromatic heterocycles. The van der Waals surface area contributed by atoms with Gasteiger partial charge in [0.1, 0.15) is 98.2 Å². The fourth-order valence-electron chi connectivity index (χ4n) is 17.7. The highest BCUT2D eigenvalue weighted by Crippen LogP contribution is 2.89. The summed E-state index contributed by atoms with van der Waals surface area (Å²) in [5, 5.41) is 159. The minimum Gasteiger partial charge on any atom is -0.481 e. The normalized spacial score (nSPS) is 49.2. The predicted octanol–water partition coefficient (Wildman–Crippen LogP) is -2.26. The molecule has 0 aromatic rings. The van der Waals surface area contributed by atoms with Gasteiger partial charge in [0.05, 0.1) is 50.5 Å². The number of aliphatic carboxylic acids is 1. The molecule has 9 rings (SSSR count). The third-order valence-corrected chi connectivity index (χ3v) is 22.6. The number of carbonyl (C=O) groups is 3. The van der Waals surface area contributed by atoms with Crippen molar-refractivity contribution in [2.24, 2.45) is 50.7 Å². The van der Waals surface area contributed by atoms with E-state index in [4.69, 9.17) is 42.6 Å². The highest BCUT2D eigenvalue weighted by Gasteiger charge is 2.83. The fourth-order valence-corrected chi connectivity index (χ4v) is 17.7. The molecular formula is C59H94O27. The molecule has 0 amide bonds. The van der Waals surface area contributed by atoms with Crippen molar-refractivity contribution < 1.29 is 134 Å². The first-order chi connectivity index (χ1) is 40.2. The molecule has 86 heavy (non-hydrogen) atoms. The Morgan fingerprint density at radius 3 is 1.84 bits per heavy atom. The van der Waals surface area contributed by atoms with Gasteiger partial charge in [-0.25, -0.2) is 4.79 Å². The molecule has 5 aliphatic carbocycles. The third kappa shape index (κ3) is 12.0. The topological polar surface area (TPSA) is 438 Å². The van der Waals surface area contributed by atoms with Gasteiger partial charge in [0.15, 0.2) is 18.9 Å². The highest BCUT2D eigenvalue weighted by atomic mass is 16.8. The van der Waals surface area contributed by atoms with Crippen molar-refractivity contribution in [2.75, 3.05) is 26.4 Å². The number of esters is 2. The Labute approximate surface area is 499 Å². The fraction of sp³-hybridized carbons (Fsp3) is 0.915. The van der Waals surface area contributed by atoms with E-state index in [2.05, 4.69) is 34.6 Å². The summed E-state index contributed by atoms with van der Waals surface area (Å²) in [6.45, 7) is 11.2. The Kier molecular flexibility index (Phi) is 20.0. The molecule has 27 nitrogen and oxygen atoms in total. The largest absolute Gasteiger partial charge is 0.481 e. The number of allylic oxidation sites excluding steroid dienone is 1. The second-order valence-corrected chi connectivity index (χ2v) is 27.9. The zero-order chi connectivity index (χ0) is 63.1. The lowest BCUT2D eigenvalue weighted by molar-refractivity contribution is -0.377. The summed E-state index contributed by atoms with van der Waals surface area (Å²) in [6.07, 6.45) is -24.8. The molecule has 0 aromatic carbocycles. The average molecular weight is 1240 g/mol. The lowest BCUT2D eigenvalue weighted by Gasteiger charge is -2.64. The van der Waals surface area contributed by atoms with Crippen LogP contribution in [0.15, 0.2) is 11.6 Å². The van der Waals surface area contributed by atoms with Crippen LogP contribution in [0.3, 0.4) is 0 Å². The third-order valence-electron chi connectivity index (χ3n) is 22.6. The van der Waals surface area contributed by atoms with Crippen LogP contribution in [0.2, 0.25) is 0 Å². The Bertz CT molecular complexity index is 2430. The van der Waals surface area contributed by atoms with Crippen molar-refractivity contribution >= 4 is 17.9 Å². The molecule has 30 atom stereocenters. The van der Waals surface area contributed by atoms with Crippen LogP contribution in [-0.4, -0.2) is 255 Å². The van der Waals surface area contributed by atoms with Crippen molar-refractivity contribution in [3.05, 3.63) is 11.6 Å². The number of aliphatic hydroxyl groups is 14. The maximum absolute atomic E-state index is 13.4. The summed E-state index contributed by atoms with van der Waals surface area (Å²) in [6, 6.07) is 0. The molecule has 5 saturated carbocycles. The number of rotatable bonds is 20.